The van der Waals surface area contributed by atoms with Gasteiger partial charge in [-0.3, -0.25) is 19.2 Å². The van der Waals surface area contributed by atoms with Gasteiger partial charge in [0.1, 0.15) is 104 Å². The molecule has 25 heteroatoms. The van der Waals surface area contributed by atoms with Gasteiger partial charge in [0.15, 0.2) is 18.9 Å². The van der Waals surface area contributed by atoms with Gasteiger partial charge in [-0.25, -0.2) is 0 Å². The largest absolute Gasteiger partial charge is 0.394 e. The van der Waals surface area contributed by atoms with Gasteiger partial charge >= 0.3 is 0 Å². The number of aliphatic hydroxyl groups is 10. The average Bonchev–Trinajstić information content (AvgIpc) is 3.15. The zero-order valence-electron chi connectivity index (χ0n) is 31.3. The summed E-state index contributed by atoms with van der Waals surface area (Å²) in [4.78, 5) is 59.9. The fourth-order valence-electron chi connectivity index (χ4n) is 6.67. The summed E-state index contributed by atoms with van der Waals surface area (Å²) in [7, 11) is 0. The predicted octanol–water partition coefficient (Wildman–Crippen LogP) is -9.33. The van der Waals surface area contributed by atoms with Crippen LogP contribution in [-0.2, 0) is 52.4 Å². The third kappa shape index (κ3) is 12.0. The van der Waals surface area contributed by atoms with Crippen molar-refractivity contribution in [3.8, 4) is 0 Å². The summed E-state index contributed by atoms with van der Waals surface area (Å²) in [6, 6.07) is -6.52. The number of amides is 4. The van der Waals surface area contributed by atoms with Crippen LogP contribution < -0.4 is 21.3 Å². The van der Waals surface area contributed by atoms with E-state index in [4.69, 9.17) is 28.4 Å². The highest BCUT2D eigenvalue weighted by atomic mass is 16.8. The molecule has 57 heavy (non-hydrogen) atoms. The van der Waals surface area contributed by atoms with Crippen LogP contribution in [-0.4, -0.2) is 224 Å². The Labute approximate surface area is 325 Å². The molecular weight excluding hydrogens is 776 g/mol. The Morgan fingerprint density at radius 1 is 0.614 bits per heavy atom. The van der Waals surface area contributed by atoms with E-state index in [0.717, 1.165) is 27.7 Å². The minimum absolute atomic E-state index is 0.122. The highest BCUT2D eigenvalue weighted by Gasteiger charge is 2.55. The zero-order chi connectivity index (χ0) is 42.9. The highest BCUT2D eigenvalue weighted by Crippen LogP contribution is 2.33. The maximum atomic E-state index is 12.4. The van der Waals surface area contributed by atoms with Gasteiger partial charge in [0.2, 0.25) is 23.6 Å². The minimum Gasteiger partial charge on any atom is -0.394 e. The molecular formula is C32H54N4O21. The monoisotopic (exact) mass is 830 g/mol. The fourth-order valence-corrected chi connectivity index (χ4v) is 6.67. The van der Waals surface area contributed by atoms with Crippen molar-refractivity contribution in [2.75, 3.05) is 26.4 Å². The van der Waals surface area contributed by atoms with Crippen molar-refractivity contribution in [1.29, 1.82) is 0 Å². The molecule has 3 aliphatic heterocycles. The first-order valence-electron chi connectivity index (χ1n) is 17.8. The lowest BCUT2D eigenvalue weighted by Gasteiger charge is -2.50. The van der Waals surface area contributed by atoms with Crippen LogP contribution in [0.4, 0.5) is 0 Å². The van der Waals surface area contributed by atoms with E-state index in [1.807, 2.05) is 0 Å². The number of nitrogens with one attached hydrogen (secondary N) is 4. The maximum Gasteiger partial charge on any atom is 0.217 e. The van der Waals surface area contributed by atoms with Crippen LogP contribution >= 0.6 is 0 Å². The molecule has 25 nitrogen and oxygen atoms in total. The molecule has 0 bridgehead atoms. The third-order valence-corrected chi connectivity index (χ3v) is 9.36. The van der Waals surface area contributed by atoms with Gasteiger partial charge in [0, 0.05) is 27.7 Å². The third-order valence-electron chi connectivity index (χ3n) is 9.36. The Balaban J connectivity index is 1.95. The van der Waals surface area contributed by atoms with E-state index < -0.39 is 166 Å². The lowest BCUT2D eigenvalue weighted by atomic mass is 9.93. The molecule has 3 fully saturated rings. The smallest absolute Gasteiger partial charge is 0.217 e. The first-order valence-corrected chi connectivity index (χ1v) is 17.8. The molecule has 3 rings (SSSR count). The second kappa shape index (κ2) is 21.8. The number of rotatable bonds is 18. The second-order valence-electron chi connectivity index (χ2n) is 13.7. The summed E-state index contributed by atoms with van der Waals surface area (Å²) in [6.45, 7) is 0.406. The summed E-state index contributed by atoms with van der Waals surface area (Å²) in [5.74, 6) is -3.03. The molecule has 14 N–H and O–H groups in total. The molecule has 4 amide bonds. The van der Waals surface area contributed by atoms with E-state index in [1.165, 1.54) is 0 Å². The molecule has 0 aromatic rings. The number of hydrogen-bond acceptors (Lipinski definition) is 21. The molecule has 0 aromatic carbocycles. The Kier molecular flexibility index (Phi) is 18.4. The van der Waals surface area contributed by atoms with Crippen molar-refractivity contribution in [1.82, 2.24) is 21.3 Å². The van der Waals surface area contributed by atoms with E-state index in [9.17, 15) is 75.0 Å². The van der Waals surface area contributed by atoms with E-state index in [0.29, 0.717) is 0 Å². The van der Waals surface area contributed by atoms with Crippen molar-refractivity contribution >= 4 is 29.9 Å². The Bertz CT molecular complexity index is 1350. The number of aliphatic hydroxyl groups excluding tert-OH is 10. The maximum absolute atomic E-state index is 12.4. The van der Waals surface area contributed by atoms with Crippen LogP contribution in [0.5, 0.6) is 0 Å². The molecule has 328 valence electrons. The summed E-state index contributed by atoms with van der Waals surface area (Å²) in [5, 5.41) is 115. The molecule has 3 heterocycles. The summed E-state index contributed by atoms with van der Waals surface area (Å²) in [6.07, 6.45) is -26.7. The van der Waals surface area contributed by atoms with Gasteiger partial charge in [0.05, 0.1) is 26.4 Å². The summed E-state index contributed by atoms with van der Waals surface area (Å²) in [5.41, 5.74) is 0. The molecule has 0 radical (unpaired) electrons. The molecule has 0 aromatic heterocycles. The van der Waals surface area contributed by atoms with Gasteiger partial charge in [-0.05, 0) is 0 Å². The van der Waals surface area contributed by atoms with Crippen molar-refractivity contribution in [2.24, 2.45) is 0 Å². The van der Waals surface area contributed by atoms with Gasteiger partial charge in [-0.2, -0.15) is 0 Å². The van der Waals surface area contributed by atoms with E-state index in [-0.39, 0.29) is 6.29 Å². The van der Waals surface area contributed by atoms with Crippen LogP contribution in [0.1, 0.15) is 27.7 Å². The molecule has 19 unspecified atom stereocenters. The second-order valence-corrected chi connectivity index (χ2v) is 13.7. The van der Waals surface area contributed by atoms with Crippen LogP contribution in [0.2, 0.25) is 0 Å². The molecule has 19 atom stereocenters. The van der Waals surface area contributed by atoms with Gasteiger partial charge in [0.25, 0.3) is 0 Å². The number of carbonyl (C=O) groups is 5. The van der Waals surface area contributed by atoms with Crippen LogP contribution in [0.3, 0.4) is 0 Å². The van der Waals surface area contributed by atoms with E-state index in [1.54, 1.807) is 0 Å². The predicted molar refractivity (Wildman–Crippen MR) is 181 cm³/mol. The normalized spacial score (nSPS) is 37.8. The van der Waals surface area contributed by atoms with Crippen molar-refractivity contribution in [3.63, 3.8) is 0 Å². The topological polar surface area (TPSA) is 391 Å². The molecule has 0 spiro atoms. The van der Waals surface area contributed by atoms with Crippen LogP contribution in [0, 0.1) is 0 Å². The Morgan fingerprint density at radius 3 is 1.40 bits per heavy atom. The van der Waals surface area contributed by atoms with Crippen molar-refractivity contribution < 1.29 is 103 Å². The first kappa shape index (κ1) is 48.3. The molecule has 0 saturated carbocycles. The number of ether oxygens (including phenoxy) is 6. The first-order chi connectivity index (χ1) is 26.8. The summed E-state index contributed by atoms with van der Waals surface area (Å²) < 4.78 is 34.8. The van der Waals surface area contributed by atoms with Gasteiger partial charge < -0.3 is 106 Å². The highest BCUT2D eigenvalue weighted by molar-refractivity contribution is 5.77. The fraction of sp³-hybridized carbons (Fsp3) is 0.844. The molecule has 0 aliphatic carbocycles. The lowest BCUT2D eigenvalue weighted by Crippen LogP contribution is -2.71. The van der Waals surface area contributed by atoms with Crippen LogP contribution in [0.25, 0.3) is 0 Å². The zero-order valence-corrected chi connectivity index (χ0v) is 31.3. The quantitative estimate of drug-likeness (QED) is 0.0570. The number of carbonyl (C=O) groups excluding carboxylic acids is 5. The molecule has 3 aliphatic rings. The van der Waals surface area contributed by atoms with Crippen molar-refractivity contribution in [3.05, 3.63) is 0 Å². The number of aldehydes is 1. The minimum atomic E-state index is -2.05. The van der Waals surface area contributed by atoms with E-state index in [2.05, 4.69) is 21.3 Å². The average molecular weight is 831 g/mol. The standard InChI is InChI=1S/C32H54N4O21/c1-10(42)33-14(5-37)22(47)27(15(46)6-38)55-31-20(35-12(3)44)25(50)29(17(8-40)53-31)57-32-21(36-13(4)45)26(51)28(18(9-41)54-32)56-30-19(34-11(2)43)24(49)23(48)16(7-39)52-30/h5,14-32,38-41,46-51H,6-9H2,1-4H3,(H,33,42)(H,34,43)(H,35,44)(H,36,45). The SMILES string of the molecule is CC(=O)NC(C=O)C(O)C(OC1OC(CO)C(OC2OC(CO)C(OC3OC(CO)C(O)C(O)C3NC(C)=O)C(O)C2NC(C)=O)C(O)C1NC(C)=O)C(O)CO. The Hall–Kier alpha value is -3.09. The van der Waals surface area contributed by atoms with Gasteiger partial charge in [-0.15, -0.1) is 0 Å². The Morgan fingerprint density at radius 2 is 1.02 bits per heavy atom. The lowest BCUT2D eigenvalue weighted by molar-refractivity contribution is -0.357. The molecule has 3 saturated heterocycles. The van der Waals surface area contributed by atoms with Crippen molar-refractivity contribution in [2.45, 2.75) is 144 Å². The van der Waals surface area contributed by atoms with Gasteiger partial charge in [-0.1, -0.05) is 0 Å². The number of hydrogen-bond donors (Lipinski definition) is 14. The van der Waals surface area contributed by atoms with Crippen LogP contribution in [0.15, 0.2) is 0 Å². The van der Waals surface area contributed by atoms with E-state index >= 15 is 0 Å². The summed E-state index contributed by atoms with van der Waals surface area (Å²) >= 11 is 0.